The first-order chi connectivity index (χ1) is 9.52. The van der Waals surface area contributed by atoms with Crippen LogP contribution in [0, 0.1) is 0 Å². The molecule has 0 aliphatic carbocycles. The Labute approximate surface area is 128 Å². The van der Waals surface area contributed by atoms with Gasteiger partial charge in [0.25, 0.3) is 0 Å². The third-order valence-electron chi connectivity index (χ3n) is 3.22. The number of thioether (sulfide) groups is 1. The number of nitrogens with one attached hydrogen (secondary N) is 2. The molecule has 2 amide bonds. The Balaban J connectivity index is 2.01. The smallest absolute Gasteiger partial charge is 0.319 e. The van der Waals surface area contributed by atoms with Crippen molar-refractivity contribution in [1.82, 2.24) is 5.32 Å². The largest absolute Gasteiger partial charge is 0.379 e. The van der Waals surface area contributed by atoms with Crippen molar-refractivity contribution in [2.75, 3.05) is 24.8 Å². The van der Waals surface area contributed by atoms with Gasteiger partial charge in [0.1, 0.15) is 0 Å². The molecule has 2 N–H and O–H groups in total. The zero-order valence-electron chi connectivity index (χ0n) is 11.7. The molecule has 0 radical (unpaired) electrons. The molecule has 0 spiro atoms. The lowest BCUT2D eigenvalue weighted by atomic mass is 10.0. The second-order valence-corrected chi connectivity index (χ2v) is 6.46. The molecule has 1 heterocycles. The molecule has 6 heteroatoms. The van der Waals surface area contributed by atoms with Crippen molar-refractivity contribution >= 4 is 35.1 Å². The fourth-order valence-corrected chi connectivity index (χ4v) is 2.80. The summed E-state index contributed by atoms with van der Waals surface area (Å²) in [6.45, 7) is 3.20. The molecule has 1 fully saturated rings. The van der Waals surface area contributed by atoms with E-state index in [0.717, 1.165) is 17.7 Å². The molecule has 2 rings (SSSR count). The molecular weight excluding hydrogens is 296 g/mol. The number of hydrogen-bond acceptors (Lipinski definition) is 3. The van der Waals surface area contributed by atoms with E-state index in [0.29, 0.717) is 23.9 Å². The molecule has 1 atom stereocenters. The summed E-state index contributed by atoms with van der Waals surface area (Å²) in [5.41, 5.74) is 1.47. The van der Waals surface area contributed by atoms with Crippen molar-refractivity contribution in [3.05, 3.63) is 28.8 Å². The van der Waals surface area contributed by atoms with Crippen molar-refractivity contribution in [3.8, 4) is 0 Å². The Kier molecular flexibility index (Phi) is 5.18. The summed E-state index contributed by atoms with van der Waals surface area (Å²) in [7, 11) is 0. The highest BCUT2D eigenvalue weighted by molar-refractivity contribution is 7.97. The van der Waals surface area contributed by atoms with Crippen molar-refractivity contribution < 1.29 is 9.53 Å². The predicted molar refractivity (Wildman–Crippen MR) is 84.7 cm³/mol. The van der Waals surface area contributed by atoms with Gasteiger partial charge in [-0.1, -0.05) is 17.7 Å². The van der Waals surface area contributed by atoms with Crippen LogP contribution in [-0.4, -0.2) is 31.0 Å². The first-order valence-corrected chi connectivity index (χ1v) is 8.24. The van der Waals surface area contributed by atoms with Gasteiger partial charge in [-0.3, -0.25) is 0 Å². The average Bonchev–Trinajstić information content (AvgIpc) is 2.80. The van der Waals surface area contributed by atoms with E-state index in [1.54, 1.807) is 11.8 Å². The third kappa shape index (κ3) is 4.04. The Morgan fingerprint density at radius 1 is 1.55 bits per heavy atom. The lowest BCUT2D eigenvalue weighted by molar-refractivity contribution is 0.172. The Hall–Kier alpha value is -0.910. The van der Waals surface area contributed by atoms with Crippen LogP contribution in [0.5, 0.6) is 0 Å². The topological polar surface area (TPSA) is 50.4 Å². The molecule has 1 aliphatic heterocycles. The molecule has 1 aromatic rings. The molecule has 110 valence electrons. The summed E-state index contributed by atoms with van der Waals surface area (Å²) in [6.07, 6.45) is 2.86. The molecule has 0 aromatic heterocycles. The minimum Gasteiger partial charge on any atom is -0.379 e. The first-order valence-electron chi connectivity index (χ1n) is 6.47. The van der Waals surface area contributed by atoms with E-state index < -0.39 is 0 Å². The standard InChI is InChI=1S/C14H19ClN2O2S/c1-14(5-6-19-9-14)17-13(18)16-12-7-10(8-20-2)3-4-11(12)15/h3-4,7H,5-6,8-9H2,1-2H3,(H2,16,17,18)/t14-/m0/s1. The van der Waals surface area contributed by atoms with Crippen LogP contribution >= 0.6 is 23.4 Å². The SMILES string of the molecule is CSCc1ccc(Cl)c(NC(=O)N[C@@]2(C)CCOC2)c1. The summed E-state index contributed by atoms with van der Waals surface area (Å²) < 4.78 is 5.31. The zero-order valence-corrected chi connectivity index (χ0v) is 13.2. The second-order valence-electron chi connectivity index (χ2n) is 5.19. The van der Waals surface area contributed by atoms with Gasteiger partial charge in [-0.05, 0) is 37.3 Å². The summed E-state index contributed by atoms with van der Waals surface area (Å²) in [6, 6.07) is 5.43. The van der Waals surface area contributed by atoms with E-state index in [4.69, 9.17) is 16.3 Å². The maximum absolute atomic E-state index is 12.1. The quantitative estimate of drug-likeness (QED) is 0.894. The monoisotopic (exact) mass is 314 g/mol. The maximum atomic E-state index is 12.1. The van der Waals surface area contributed by atoms with Gasteiger partial charge in [0.15, 0.2) is 0 Å². The second kappa shape index (κ2) is 6.70. The molecule has 0 saturated carbocycles. The molecule has 1 saturated heterocycles. The van der Waals surface area contributed by atoms with E-state index in [9.17, 15) is 4.79 Å². The number of amides is 2. The number of ether oxygens (including phenoxy) is 1. The van der Waals surface area contributed by atoms with Gasteiger partial charge in [-0.15, -0.1) is 0 Å². The Bertz CT molecular complexity index is 490. The van der Waals surface area contributed by atoms with Gasteiger partial charge in [0.05, 0.1) is 22.9 Å². The van der Waals surface area contributed by atoms with E-state index in [2.05, 4.69) is 10.6 Å². The summed E-state index contributed by atoms with van der Waals surface area (Å²) >= 11 is 7.84. The summed E-state index contributed by atoms with van der Waals surface area (Å²) in [5.74, 6) is 0.888. The highest BCUT2D eigenvalue weighted by Crippen LogP contribution is 2.25. The number of carbonyl (C=O) groups is 1. The highest BCUT2D eigenvalue weighted by atomic mass is 35.5. The van der Waals surface area contributed by atoms with E-state index in [-0.39, 0.29) is 11.6 Å². The molecule has 1 aromatic carbocycles. The number of halogens is 1. The number of hydrogen-bond donors (Lipinski definition) is 2. The maximum Gasteiger partial charge on any atom is 0.319 e. The summed E-state index contributed by atoms with van der Waals surface area (Å²) in [5, 5.41) is 6.30. The Morgan fingerprint density at radius 3 is 3.00 bits per heavy atom. The van der Waals surface area contributed by atoms with Crippen LogP contribution in [0.1, 0.15) is 18.9 Å². The van der Waals surface area contributed by atoms with E-state index >= 15 is 0 Å². The minimum atomic E-state index is -0.298. The molecule has 1 aliphatic rings. The van der Waals surface area contributed by atoms with Crippen molar-refractivity contribution in [1.29, 1.82) is 0 Å². The van der Waals surface area contributed by atoms with Gasteiger partial charge in [-0.2, -0.15) is 11.8 Å². The number of anilines is 1. The van der Waals surface area contributed by atoms with Crippen LogP contribution < -0.4 is 10.6 Å². The van der Waals surface area contributed by atoms with Gasteiger partial charge in [0.2, 0.25) is 0 Å². The van der Waals surface area contributed by atoms with Crippen molar-refractivity contribution in [2.45, 2.75) is 24.6 Å². The van der Waals surface area contributed by atoms with Crippen LogP contribution in [-0.2, 0) is 10.5 Å². The van der Waals surface area contributed by atoms with Crippen molar-refractivity contribution in [2.24, 2.45) is 0 Å². The van der Waals surface area contributed by atoms with Crippen LogP contribution in [0.4, 0.5) is 10.5 Å². The van der Waals surface area contributed by atoms with Crippen LogP contribution in [0.3, 0.4) is 0 Å². The number of carbonyl (C=O) groups excluding carboxylic acids is 1. The predicted octanol–water partition coefficient (Wildman–Crippen LogP) is 3.50. The summed E-state index contributed by atoms with van der Waals surface area (Å²) in [4.78, 5) is 12.1. The Morgan fingerprint density at radius 2 is 2.35 bits per heavy atom. The van der Waals surface area contributed by atoms with Crippen LogP contribution in [0.15, 0.2) is 18.2 Å². The normalized spacial score (nSPS) is 21.8. The first kappa shape index (κ1) is 15.5. The number of urea groups is 1. The minimum absolute atomic E-state index is 0.249. The van der Waals surface area contributed by atoms with Gasteiger partial charge < -0.3 is 15.4 Å². The molecule has 0 unspecified atom stereocenters. The van der Waals surface area contributed by atoms with E-state index in [1.165, 1.54) is 0 Å². The van der Waals surface area contributed by atoms with Crippen LogP contribution in [0.2, 0.25) is 5.02 Å². The zero-order chi connectivity index (χ0) is 14.6. The van der Waals surface area contributed by atoms with E-state index in [1.807, 2.05) is 31.4 Å². The molecular formula is C14H19ClN2O2S. The lowest BCUT2D eigenvalue weighted by Gasteiger charge is -2.23. The molecule has 0 bridgehead atoms. The average molecular weight is 315 g/mol. The van der Waals surface area contributed by atoms with Crippen molar-refractivity contribution in [3.63, 3.8) is 0 Å². The highest BCUT2D eigenvalue weighted by Gasteiger charge is 2.31. The van der Waals surface area contributed by atoms with Crippen LogP contribution in [0.25, 0.3) is 0 Å². The molecule has 20 heavy (non-hydrogen) atoms. The number of rotatable bonds is 4. The third-order valence-corrected chi connectivity index (χ3v) is 4.18. The fourth-order valence-electron chi connectivity index (χ4n) is 2.12. The van der Waals surface area contributed by atoms with Gasteiger partial charge >= 0.3 is 6.03 Å². The lowest BCUT2D eigenvalue weighted by Crippen LogP contribution is -2.48. The number of benzene rings is 1. The molecule has 4 nitrogen and oxygen atoms in total. The van der Waals surface area contributed by atoms with Gasteiger partial charge in [0, 0.05) is 12.4 Å². The fraction of sp³-hybridized carbons (Fsp3) is 0.500. The van der Waals surface area contributed by atoms with Gasteiger partial charge in [-0.25, -0.2) is 4.79 Å².